The molecule has 0 N–H and O–H groups in total. The molecule has 0 aliphatic rings. The summed E-state index contributed by atoms with van der Waals surface area (Å²) in [4.78, 5) is 14.7. The highest BCUT2D eigenvalue weighted by molar-refractivity contribution is 6.69. The molecular weight excluding hydrogens is 493 g/mol. The molecule has 0 fully saturated rings. The maximum atomic E-state index is 6.51. The summed E-state index contributed by atoms with van der Waals surface area (Å²) in [6, 6.07) is 17.5. The van der Waals surface area contributed by atoms with Crippen LogP contribution in [-0.4, -0.2) is 31.3 Å². The maximum Gasteiger partial charge on any atom is 0.183 e. The molecule has 0 bridgehead atoms. The molecule has 0 saturated carbocycles. The second-order valence-corrected chi connectivity index (χ2v) is 14.9. The highest BCUT2D eigenvalue weighted by Gasteiger charge is 2.15. The normalized spacial score (nSPS) is 12.8. The summed E-state index contributed by atoms with van der Waals surface area (Å²) in [5.41, 5.74) is 6.84. The average molecular weight is 527 g/mol. The van der Waals surface area contributed by atoms with Crippen LogP contribution in [0.5, 0.6) is 0 Å². The van der Waals surface area contributed by atoms with Gasteiger partial charge < -0.3 is 4.43 Å². The topological polar surface area (TPSA) is 46.8 Å². The van der Waals surface area contributed by atoms with Crippen LogP contribution in [0.25, 0.3) is 0 Å². The second kappa shape index (κ2) is 12.1. The molecule has 0 unspecified atom stereocenters. The molecule has 0 radical (unpaired) electrons. The van der Waals surface area contributed by atoms with Crippen LogP contribution in [0.15, 0.2) is 64.6 Å². The first kappa shape index (κ1) is 27.3. The lowest BCUT2D eigenvalue weighted by Gasteiger charge is -2.17. The Morgan fingerprint density at radius 3 is 1.94 bits per heavy atom. The zero-order valence-corrected chi connectivity index (χ0v) is 23.8. The number of halogens is 2. The quantitative estimate of drug-likeness (QED) is 0.159. The van der Waals surface area contributed by atoms with Gasteiger partial charge in [0.15, 0.2) is 8.32 Å². The minimum absolute atomic E-state index is 0.624. The highest BCUT2D eigenvalue weighted by Crippen LogP contribution is 2.30. The van der Waals surface area contributed by atoms with Crippen molar-refractivity contribution in [1.29, 1.82) is 0 Å². The number of aromatic nitrogens is 1. The molecule has 0 atom stereocenters. The van der Waals surface area contributed by atoms with Crippen molar-refractivity contribution in [2.24, 2.45) is 9.98 Å². The number of para-hydroxylation sites is 2. The van der Waals surface area contributed by atoms with E-state index in [-0.39, 0.29) is 0 Å². The Morgan fingerprint density at radius 1 is 0.829 bits per heavy atom. The summed E-state index contributed by atoms with van der Waals surface area (Å²) in [7, 11) is -1.57. The van der Waals surface area contributed by atoms with Crippen LogP contribution in [0.2, 0.25) is 29.7 Å². The van der Waals surface area contributed by atoms with Crippen molar-refractivity contribution in [3.05, 3.63) is 87.2 Å². The van der Waals surface area contributed by atoms with Crippen molar-refractivity contribution < 1.29 is 4.43 Å². The fourth-order valence-corrected chi connectivity index (χ4v) is 4.83. The average Bonchev–Trinajstić information content (AvgIpc) is 2.79. The predicted octanol–water partition coefficient (Wildman–Crippen LogP) is 8.90. The molecule has 0 aliphatic heterocycles. The maximum absolute atomic E-state index is 6.51. The van der Waals surface area contributed by atoms with E-state index < -0.39 is 8.32 Å². The van der Waals surface area contributed by atoms with Crippen molar-refractivity contribution >= 4 is 54.3 Å². The number of hydrogen-bond acceptors (Lipinski definition) is 4. The monoisotopic (exact) mass is 525 g/mol. The van der Waals surface area contributed by atoms with Gasteiger partial charge in [0.2, 0.25) is 0 Å². The van der Waals surface area contributed by atoms with E-state index in [0.29, 0.717) is 16.7 Å². The summed E-state index contributed by atoms with van der Waals surface area (Å²) in [5.74, 6) is 0. The number of nitrogens with zero attached hydrogens (tertiary/aromatic N) is 3. The molecule has 3 aromatic rings. The molecule has 1 aromatic heterocycles. The molecule has 0 saturated heterocycles. The van der Waals surface area contributed by atoms with Gasteiger partial charge in [-0.15, -0.1) is 0 Å². The number of rotatable bonds is 9. The minimum Gasteiger partial charge on any atom is -0.418 e. The smallest absolute Gasteiger partial charge is 0.183 e. The molecule has 7 heteroatoms. The van der Waals surface area contributed by atoms with Crippen molar-refractivity contribution in [2.75, 3.05) is 6.61 Å². The minimum atomic E-state index is -1.57. The third-order valence-electron chi connectivity index (χ3n) is 5.41. The van der Waals surface area contributed by atoms with E-state index in [4.69, 9.17) is 42.6 Å². The van der Waals surface area contributed by atoms with Gasteiger partial charge in [0.25, 0.3) is 0 Å². The largest absolute Gasteiger partial charge is 0.418 e. The molecular formula is C28H33Cl2N3OSi. The van der Waals surface area contributed by atoms with E-state index in [9.17, 15) is 0 Å². The highest BCUT2D eigenvalue weighted by atomic mass is 35.5. The van der Waals surface area contributed by atoms with E-state index in [1.165, 1.54) is 0 Å². The molecule has 0 spiro atoms. The summed E-state index contributed by atoms with van der Waals surface area (Å²) in [5, 5.41) is 1.25. The van der Waals surface area contributed by atoms with Gasteiger partial charge in [0.1, 0.15) is 0 Å². The van der Waals surface area contributed by atoms with Crippen LogP contribution in [0.4, 0.5) is 11.4 Å². The van der Waals surface area contributed by atoms with E-state index in [0.717, 1.165) is 58.2 Å². The van der Waals surface area contributed by atoms with E-state index in [2.05, 4.69) is 19.6 Å². The molecule has 2 aromatic carbocycles. The Balaban J connectivity index is 1.98. The van der Waals surface area contributed by atoms with Gasteiger partial charge in [-0.3, -0.25) is 0 Å². The first-order chi connectivity index (χ1) is 16.5. The van der Waals surface area contributed by atoms with Gasteiger partial charge in [-0.1, -0.05) is 53.5 Å². The van der Waals surface area contributed by atoms with Crippen LogP contribution >= 0.6 is 23.2 Å². The van der Waals surface area contributed by atoms with Crippen LogP contribution in [-0.2, 0) is 4.43 Å². The summed E-state index contributed by atoms with van der Waals surface area (Å²) >= 11 is 12.9. The van der Waals surface area contributed by atoms with Crippen molar-refractivity contribution in [3.8, 4) is 0 Å². The van der Waals surface area contributed by atoms with Crippen molar-refractivity contribution in [3.63, 3.8) is 0 Å². The number of pyridine rings is 1. The van der Waals surface area contributed by atoms with Crippen LogP contribution in [0, 0.1) is 13.8 Å². The second-order valence-electron chi connectivity index (χ2n) is 9.54. The Morgan fingerprint density at radius 2 is 1.37 bits per heavy atom. The zero-order chi connectivity index (χ0) is 25.6. The first-order valence-electron chi connectivity index (χ1n) is 11.8. The zero-order valence-electron chi connectivity index (χ0n) is 21.3. The predicted molar refractivity (Wildman–Crippen MR) is 153 cm³/mol. The molecule has 184 valence electrons. The van der Waals surface area contributed by atoms with Crippen LogP contribution < -0.4 is 0 Å². The number of aliphatic imine (C=N–C) groups is 2. The standard InChI is InChI=1S/C28H33Cl2N3OSi/c1-19-11-7-13-22(29)27(19)31-21(3)24-15-9-16-25(32-24)26(17-10-18-34-35(4,5)6)33-28-20(2)12-8-14-23(28)30/h7-9,11-16H,10,17-18H2,1-6H3. The molecule has 4 nitrogen and oxygen atoms in total. The van der Waals surface area contributed by atoms with Gasteiger partial charge in [-0.2, -0.15) is 0 Å². The Kier molecular flexibility index (Phi) is 9.42. The summed E-state index contributed by atoms with van der Waals surface area (Å²) in [6.45, 7) is 13.3. The lowest BCUT2D eigenvalue weighted by Crippen LogP contribution is -2.26. The van der Waals surface area contributed by atoms with Gasteiger partial charge in [0.05, 0.1) is 44.2 Å². The van der Waals surface area contributed by atoms with Gasteiger partial charge in [0, 0.05) is 6.61 Å². The van der Waals surface area contributed by atoms with E-state index >= 15 is 0 Å². The Bertz CT molecular complexity index is 1210. The van der Waals surface area contributed by atoms with Crippen LogP contribution in [0.3, 0.4) is 0 Å². The fourth-order valence-electron chi connectivity index (χ4n) is 3.55. The molecule has 1 heterocycles. The third-order valence-corrected chi connectivity index (χ3v) is 7.09. The fraction of sp³-hybridized carbons (Fsp3) is 0.321. The lowest BCUT2D eigenvalue weighted by atomic mass is 10.1. The SMILES string of the molecule is CC(=Nc1c(C)cccc1Cl)c1cccc(C(CCCO[Si](C)(C)C)=Nc2c(C)cccc2Cl)n1. The van der Waals surface area contributed by atoms with Crippen molar-refractivity contribution in [2.45, 2.75) is 53.3 Å². The third kappa shape index (κ3) is 7.84. The molecule has 0 aliphatic carbocycles. The molecule has 35 heavy (non-hydrogen) atoms. The van der Waals surface area contributed by atoms with E-state index in [1.54, 1.807) is 0 Å². The van der Waals surface area contributed by atoms with Crippen molar-refractivity contribution in [1.82, 2.24) is 4.98 Å². The summed E-state index contributed by atoms with van der Waals surface area (Å²) < 4.78 is 6.07. The number of hydrogen-bond donors (Lipinski definition) is 0. The molecule has 0 amide bonds. The Hall–Kier alpha value is -2.31. The van der Waals surface area contributed by atoms with E-state index in [1.807, 2.05) is 75.4 Å². The van der Waals surface area contributed by atoms with Gasteiger partial charge >= 0.3 is 0 Å². The number of benzene rings is 2. The first-order valence-corrected chi connectivity index (χ1v) is 16.0. The number of aryl methyl sites for hydroxylation is 2. The molecule has 3 rings (SSSR count). The lowest BCUT2D eigenvalue weighted by molar-refractivity contribution is 0.307. The Labute approximate surface area is 220 Å². The van der Waals surface area contributed by atoms with Gasteiger partial charge in [-0.05, 0) is 88.6 Å². The van der Waals surface area contributed by atoms with Crippen LogP contribution in [0.1, 0.15) is 42.3 Å². The van der Waals surface area contributed by atoms with Gasteiger partial charge in [-0.25, -0.2) is 15.0 Å². The summed E-state index contributed by atoms with van der Waals surface area (Å²) in [6.07, 6.45) is 1.58.